The van der Waals surface area contributed by atoms with E-state index in [1.165, 1.54) is 0 Å². The Bertz CT molecular complexity index is 807. The zero-order valence-electron chi connectivity index (χ0n) is 15.2. The molecule has 1 aliphatic carbocycles. The lowest BCUT2D eigenvalue weighted by atomic mass is 9.94. The van der Waals surface area contributed by atoms with Crippen LogP contribution < -0.4 is 0 Å². The molecule has 0 bridgehead atoms. The number of carbonyl (C=O) groups excluding carboxylic acids is 3. The van der Waals surface area contributed by atoms with Crippen molar-refractivity contribution < 1.29 is 24.2 Å². The number of aliphatic hydroxyl groups is 1. The van der Waals surface area contributed by atoms with Crippen LogP contribution in [0.4, 0.5) is 4.79 Å². The zero-order chi connectivity index (χ0) is 19.4. The summed E-state index contributed by atoms with van der Waals surface area (Å²) in [5.74, 6) is -1.97. The Morgan fingerprint density at radius 1 is 1.19 bits per heavy atom. The fourth-order valence-electron chi connectivity index (χ4n) is 3.47. The molecule has 1 saturated carbocycles. The summed E-state index contributed by atoms with van der Waals surface area (Å²) >= 11 is 0. The number of amides is 3. The van der Waals surface area contributed by atoms with Gasteiger partial charge in [-0.2, -0.15) is 4.99 Å². The Balaban J connectivity index is 2.00. The molecular formula is C20H22N2O5. The quantitative estimate of drug-likeness (QED) is 0.487. The molecule has 0 radical (unpaired) electrons. The van der Waals surface area contributed by atoms with Crippen LogP contribution in [-0.4, -0.2) is 46.3 Å². The van der Waals surface area contributed by atoms with Crippen LogP contribution >= 0.6 is 0 Å². The SMILES string of the molecule is CCOC(=O)C(C1=NC(=O)N(C2CCCCC2)C1=O)=C(O)c1ccccc1. The number of aliphatic hydroxyl groups excluding tert-OH is 1. The summed E-state index contributed by atoms with van der Waals surface area (Å²) in [7, 11) is 0. The molecule has 27 heavy (non-hydrogen) atoms. The van der Waals surface area contributed by atoms with E-state index in [-0.39, 0.29) is 23.9 Å². The molecule has 142 valence electrons. The van der Waals surface area contributed by atoms with E-state index in [4.69, 9.17) is 4.74 Å². The first kappa shape index (κ1) is 18.8. The third-order valence-electron chi connectivity index (χ3n) is 4.78. The lowest BCUT2D eigenvalue weighted by Crippen LogP contribution is -2.43. The van der Waals surface area contributed by atoms with Crippen molar-refractivity contribution >= 4 is 29.4 Å². The highest BCUT2D eigenvalue weighted by atomic mass is 16.5. The van der Waals surface area contributed by atoms with Gasteiger partial charge in [0.05, 0.1) is 6.61 Å². The summed E-state index contributed by atoms with van der Waals surface area (Å²) in [6.07, 6.45) is 4.40. The molecular weight excluding hydrogens is 348 g/mol. The van der Waals surface area contributed by atoms with Crippen molar-refractivity contribution in [1.82, 2.24) is 4.90 Å². The Morgan fingerprint density at radius 2 is 1.85 bits per heavy atom. The molecule has 2 aliphatic rings. The summed E-state index contributed by atoms with van der Waals surface area (Å²) < 4.78 is 5.00. The monoisotopic (exact) mass is 370 g/mol. The van der Waals surface area contributed by atoms with Gasteiger partial charge in [0, 0.05) is 11.6 Å². The summed E-state index contributed by atoms with van der Waals surface area (Å²) in [4.78, 5) is 42.7. The van der Waals surface area contributed by atoms with E-state index in [9.17, 15) is 19.5 Å². The van der Waals surface area contributed by atoms with Gasteiger partial charge < -0.3 is 9.84 Å². The van der Waals surface area contributed by atoms with Gasteiger partial charge >= 0.3 is 12.0 Å². The number of nitrogens with zero attached hydrogens (tertiary/aromatic N) is 2. The van der Waals surface area contributed by atoms with Crippen LogP contribution in [0.15, 0.2) is 40.9 Å². The van der Waals surface area contributed by atoms with Gasteiger partial charge in [-0.1, -0.05) is 49.6 Å². The average Bonchev–Trinajstić information content (AvgIpc) is 2.97. The van der Waals surface area contributed by atoms with E-state index in [2.05, 4.69) is 4.99 Å². The minimum atomic E-state index is -0.885. The number of benzene rings is 1. The second-order valence-electron chi connectivity index (χ2n) is 6.52. The third-order valence-corrected chi connectivity index (χ3v) is 4.78. The van der Waals surface area contributed by atoms with E-state index in [1.807, 2.05) is 0 Å². The Labute approximate surface area is 157 Å². The molecule has 7 heteroatoms. The minimum absolute atomic E-state index is 0.0617. The first-order chi connectivity index (χ1) is 13.0. The van der Waals surface area contributed by atoms with Gasteiger partial charge in [-0.25, -0.2) is 9.59 Å². The predicted molar refractivity (Wildman–Crippen MR) is 99.2 cm³/mol. The van der Waals surface area contributed by atoms with Gasteiger partial charge in [0.1, 0.15) is 11.3 Å². The normalized spacial score (nSPS) is 19.0. The van der Waals surface area contributed by atoms with Crippen LogP contribution in [0.25, 0.3) is 5.76 Å². The Morgan fingerprint density at radius 3 is 2.48 bits per heavy atom. The first-order valence-corrected chi connectivity index (χ1v) is 9.17. The van der Waals surface area contributed by atoms with Crippen molar-refractivity contribution in [3.63, 3.8) is 0 Å². The zero-order valence-corrected chi connectivity index (χ0v) is 15.2. The van der Waals surface area contributed by atoms with Crippen molar-refractivity contribution in [2.75, 3.05) is 6.61 Å². The average molecular weight is 370 g/mol. The van der Waals surface area contributed by atoms with E-state index >= 15 is 0 Å². The van der Waals surface area contributed by atoms with Crippen LogP contribution in [0, 0.1) is 0 Å². The lowest BCUT2D eigenvalue weighted by molar-refractivity contribution is -0.138. The molecule has 1 fully saturated rings. The van der Waals surface area contributed by atoms with Gasteiger partial charge in [-0.3, -0.25) is 9.69 Å². The molecule has 1 aromatic carbocycles. The van der Waals surface area contributed by atoms with Crippen LogP contribution in [-0.2, 0) is 14.3 Å². The fourth-order valence-corrected chi connectivity index (χ4v) is 3.47. The largest absolute Gasteiger partial charge is 0.506 e. The second-order valence-corrected chi connectivity index (χ2v) is 6.52. The first-order valence-electron chi connectivity index (χ1n) is 9.17. The Hall–Kier alpha value is -2.96. The Kier molecular flexibility index (Phi) is 5.69. The molecule has 3 rings (SSSR count). The van der Waals surface area contributed by atoms with Gasteiger partial charge in [-0.05, 0) is 19.8 Å². The van der Waals surface area contributed by atoms with Crippen LogP contribution in [0.1, 0.15) is 44.6 Å². The maximum atomic E-state index is 12.9. The van der Waals surface area contributed by atoms with E-state index < -0.39 is 23.7 Å². The van der Waals surface area contributed by atoms with Crippen LogP contribution in [0.3, 0.4) is 0 Å². The standard InChI is InChI=1S/C20H22N2O5/c1-2-27-19(25)15(17(23)13-9-5-3-6-10-13)16-18(24)22(20(26)21-16)14-11-7-4-8-12-14/h3,5-6,9-10,14,23H,2,4,7-8,11-12H2,1H3. The molecule has 1 aromatic rings. The lowest BCUT2D eigenvalue weighted by Gasteiger charge is -2.28. The number of ether oxygens (including phenoxy) is 1. The van der Waals surface area contributed by atoms with Crippen molar-refractivity contribution in [2.45, 2.75) is 45.1 Å². The molecule has 3 amide bonds. The number of esters is 1. The number of hydrogen-bond acceptors (Lipinski definition) is 5. The summed E-state index contributed by atoms with van der Waals surface area (Å²) in [6.45, 7) is 1.68. The third kappa shape index (κ3) is 3.77. The van der Waals surface area contributed by atoms with Gasteiger partial charge in [0.15, 0.2) is 5.71 Å². The molecule has 1 N–H and O–H groups in total. The topological polar surface area (TPSA) is 96.3 Å². The van der Waals surface area contributed by atoms with Crippen molar-refractivity contribution in [3.8, 4) is 0 Å². The van der Waals surface area contributed by atoms with E-state index in [1.54, 1.807) is 37.3 Å². The number of imide groups is 1. The molecule has 0 saturated heterocycles. The second kappa shape index (κ2) is 8.16. The highest BCUT2D eigenvalue weighted by molar-refractivity contribution is 6.57. The van der Waals surface area contributed by atoms with E-state index in [0.29, 0.717) is 5.56 Å². The molecule has 0 unspecified atom stereocenters. The maximum Gasteiger partial charge on any atom is 0.351 e. The van der Waals surface area contributed by atoms with Gasteiger partial charge in [0.2, 0.25) is 0 Å². The van der Waals surface area contributed by atoms with Crippen molar-refractivity contribution in [2.24, 2.45) is 4.99 Å². The number of carbonyl (C=O) groups is 3. The van der Waals surface area contributed by atoms with E-state index in [0.717, 1.165) is 37.0 Å². The molecule has 1 heterocycles. The van der Waals surface area contributed by atoms with Crippen LogP contribution in [0.2, 0.25) is 0 Å². The highest BCUT2D eigenvalue weighted by Crippen LogP contribution is 2.28. The number of aliphatic imine (C=N–C) groups is 1. The van der Waals surface area contributed by atoms with Gasteiger partial charge in [-0.15, -0.1) is 0 Å². The smallest absolute Gasteiger partial charge is 0.351 e. The van der Waals surface area contributed by atoms with Gasteiger partial charge in [0.25, 0.3) is 5.91 Å². The molecule has 0 spiro atoms. The summed E-state index contributed by atoms with van der Waals surface area (Å²) in [6, 6.07) is 7.41. The fraction of sp³-hybridized carbons (Fsp3) is 0.400. The summed E-state index contributed by atoms with van der Waals surface area (Å²) in [5, 5.41) is 10.7. The predicted octanol–water partition coefficient (Wildman–Crippen LogP) is 3.25. The molecule has 7 nitrogen and oxygen atoms in total. The minimum Gasteiger partial charge on any atom is -0.506 e. The number of hydrogen-bond donors (Lipinski definition) is 1. The van der Waals surface area contributed by atoms with Crippen molar-refractivity contribution in [3.05, 3.63) is 41.5 Å². The molecule has 1 aliphatic heterocycles. The van der Waals surface area contributed by atoms with Crippen LogP contribution in [0.5, 0.6) is 0 Å². The summed E-state index contributed by atoms with van der Waals surface area (Å²) in [5.41, 5.74) is -0.398. The highest BCUT2D eigenvalue weighted by Gasteiger charge is 2.43. The molecule has 0 atom stereocenters. The number of urea groups is 1. The van der Waals surface area contributed by atoms with Crippen molar-refractivity contribution in [1.29, 1.82) is 0 Å². The maximum absolute atomic E-state index is 12.9. The number of rotatable bonds is 5. The molecule has 0 aromatic heterocycles.